The summed E-state index contributed by atoms with van der Waals surface area (Å²) in [5.74, 6) is -0.541. The van der Waals surface area contributed by atoms with Crippen LogP contribution in [0.1, 0.15) is 53.6 Å². The van der Waals surface area contributed by atoms with E-state index in [0.29, 0.717) is 23.7 Å². The number of carbonyl (C=O) groups excluding carboxylic acids is 2. The van der Waals surface area contributed by atoms with Gasteiger partial charge in [-0.15, -0.1) is 10.2 Å². The number of carbonyl (C=O) groups is 2. The maximum atomic E-state index is 12.0. The van der Waals surface area contributed by atoms with Gasteiger partial charge in [0.15, 0.2) is 0 Å². The number of nitrogens with zero attached hydrogens (tertiary/aromatic N) is 2. The molecule has 1 aromatic heterocycles. The molecule has 0 spiro atoms. The van der Waals surface area contributed by atoms with Crippen molar-refractivity contribution in [1.82, 2.24) is 10.2 Å². The second-order valence-corrected chi connectivity index (χ2v) is 4.85. The third kappa shape index (κ3) is 3.69. The zero-order chi connectivity index (χ0) is 16.1. The third-order valence-corrected chi connectivity index (χ3v) is 2.78. The SMILES string of the molecule is CCOC(=O)c1ccc(NC(=O)c2nnc(C(C)C)o2)cc1. The van der Waals surface area contributed by atoms with E-state index >= 15 is 0 Å². The van der Waals surface area contributed by atoms with Crippen molar-refractivity contribution in [2.45, 2.75) is 26.7 Å². The fourth-order valence-electron chi connectivity index (χ4n) is 1.65. The Hall–Kier alpha value is -2.70. The van der Waals surface area contributed by atoms with Gasteiger partial charge in [-0.2, -0.15) is 0 Å². The van der Waals surface area contributed by atoms with Crippen LogP contribution in [0.4, 0.5) is 5.69 Å². The van der Waals surface area contributed by atoms with Crippen LogP contribution in [-0.4, -0.2) is 28.7 Å². The molecule has 7 heteroatoms. The van der Waals surface area contributed by atoms with Crippen molar-refractivity contribution in [2.24, 2.45) is 0 Å². The zero-order valence-electron chi connectivity index (χ0n) is 12.6. The first-order chi connectivity index (χ1) is 10.5. The second-order valence-electron chi connectivity index (χ2n) is 4.85. The molecule has 0 atom stereocenters. The topological polar surface area (TPSA) is 94.3 Å². The molecule has 1 amide bonds. The van der Waals surface area contributed by atoms with Gasteiger partial charge in [0.2, 0.25) is 5.89 Å². The van der Waals surface area contributed by atoms with Crippen LogP contribution >= 0.6 is 0 Å². The Bertz CT molecular complexity index is 662. The molecule has 22 heavy (non-hydrogen) atoms. The minimum absolute atomic E-state index is 0.0536. The van der Waals surface area contributed by atoms with Crippen LogP contribution in [0.2, 0.25) is 0 Å². The Balaban J connectivity index is 2.03. The summed E-state index contributed by atoms with van der Waals surface area (Å²) in [6, 6.07) is 6.34. The van der Waals surface area contributed by atoms with Gasteiger partial charge in [-0.1, -0.05) is 13.8 Å². The van der Waals surface area contributed by atoms with Crippen LogP contribution < -0.4 is 5.32 Å². The number of nitrogens with one attached hydrogen (secondary N) is 1. The second kappa shape index (κ2) is 6.84. The Kier molecular flexibility index (Phi) is 4.88. The highest BCUT2D eigenvalue weighted by Crippen LogP contribution is 2.14. The molecule has 1 heterocycles. The van der Waals surface area contributed by atoms with E-state index in [-0.39, 0.29) is 11.8 Å². The molecule has 116 valence electrons. The number of hydrogen-bond donors (Lipinski definition) is 1. The molecule has 2 rings (SSSR count). The number of amides is 1. The lowest BCUT2D eigenvalue weighted by Crippen LogP contribution is -2.12. The van der Waals surface area contributed by atoms with E-state index in [2.05, 4.69) is 15.5 Å². The first-order valence-corrected chi connectivity index (χ1v) is 6.93. The first-order valence-electron chi connectivity index (χ1n) is 6.93. The molecule has 0 aliphatic carbocycles. The van der Waals surface area contributed by atoms with Crippen LogP contribution in [-0.2, 0) is 4.74 Å². The van der Waals surface area contributed by atoms with Crippen LogP contribution in [0.25, 0.3) is 0 Å². The van der Waals surface area contributed by atoms with Gasteiger partial charge in [0, 0.05) is 11.6 Å². The molecule has 0 saturated heterocycles. The van der Waals surface area contributed by atoms with Crippen molar-refractivity contribution < 1.29 is 18.7 Å². The number of ether oxygens (including phenoxy) is 1. The molecule has 7 nitrogen and oxygen atoms in total. The lowest BCUT2D eigenvalue weighted by atomic mass is 10.2. The van der Waals surface area contributed by atoms with Crippen LogP contribution in [0.5, 0.6) is 0 Å². The van der Waals surface area contributed by atoms with Gasteiger partial charge in [-0.3, -0.25) is 4.79 Å². The Labute approximate surface area is 127 Å². The maximum absolute atomic E-state index is 12.0. The standard InChI is InChI=1S/C15H17N3O4/c1-4-21-15(20)10-5-7-11(8-6-10)16-12(19)14-18-17-13(22-14)9(2)3/h5-9H,4H2,1-3H3,(H,16,19). The number of hydrogen-bond acceptors (Lipinski definition) is 6. The predicted octanol–water partition coefficient (Wildman–Crippen LogP) is 2.62. The normalized spacial score (nSPS) is 10.5. The predicted molar refractivity (Wildman–Crippen MR) is 78.7 cm³/mol. The summed E-state index contributed by atoms with van der Waals surface area (Å²) < 4.78 is 10.1. The van der Waals surface area contributed by atoms with Crippen molar-refractivity contribution in [3.8, 4) is 0 Å². The fourth-order valence-corrected chi connectivity index (χ4v) is 1.65. The summed E-state index contributed by atoms with van der Waals surface area (Å²) in [5.41, 5.74) is 0.932. The Morgan fingerprint density at radius 3 is 2.45 bits per heavy atom. The van der Waals surface area contributed by atoms with E-state index in [1.54, 1.807) is 31.2 Å². The van der Waals surface area contributed by atoms with Crippen molar-refractivity contribution in [3.05, 3.63) is 41.6 Å². The molecule has 0 radical (unpaired) electrons. The van der Waals surface area contributed by atoms with Gasteiger partial charge in [-0.05, 0) is 31.2 Å². The smallest absolute Gasteiger partial charge is 0.338 e. The summed E-state index contributed by atoms with van der Waals surface area (Å²) in [6.07, 6.45) is 0. The molecule has 1 N–H and O–H groups in total. The molecular formula is C15H17N3O4. The van der Waals surface area contributed by atoms with Crippen LogP contribution in [0.15, 0.2) is 28.7 Å². The first kappa shape index (κ1) is 15.7. The molecule has 0 aliphatic heterocycles. The maximum Gasteiger partial charge on any atom is 0.338 e. The molecule has 0 unspecified atom stereocenters. The molecular weight excluding hydrogens is 286 g/mol. The lowest BCUT2D eigenvalue weighted by molar-refractivity contribution is 0.0526. The third-order valence-electron chi connectivity index (χ3n) is 2.78. The Morgan fingerprint density at radius 2 is 1.91 bits per heavy atom. The number of rotatable bonds is 5. The minimum atomic E-state index is -0.497. The van der Waals surface area contributed by atoms with Crippen molar-refractivity contribution in [3.63, 3.8) is 0 Å². The zero-order valence-corrected chi connectivity index (χ0v) is 12.6. The van der Waals surface area contributed by atoms with Crippen LogP contribution in [0, 0.1) is 0 Å². The number of benzene rings is 1. The van der Waals surface area contributed by atoms with E-state index in [1.807, 2.05) is 13.8 Å². The molecule has 2 aromatic rings. The minimum Gasteiger partial charge on any atom is -0.462 e. The summed E-state index contributed by atoms with van der Waals surface area (Å²) in [5, 5.41) is 10.1. The number of aromatic nitrogens is 2. The van der Waals surface area contributed by atoms with E-state index in [4.69, 9.17) is 9.15 Å². The van der Waals surface area contributed by atoms with E-state index < -0.39 is 11.9 Å². The van der Waals surface area contributed by atoms with Gasteiger partial charge in [-0.25, -0.2) is 4.79 Å². The summed E-state index contributed by atoms with van der Waals surface area (Å²) >= 11 is 0. The quantitative estimate of drug-likeness (QED) is 0.853. The lowest BCUT2D eigenvalue weighted by Gasteiger charge is -2.04. The van der Waals surface area contributed by atoms with Gasteiger partial charge in [0.05, 0.1) is 12.2 Å². The Morgan fingerprint density at radius 1 is 1.23 bits per heavy atom. The average molecular weight is 303 g/mol. The number of anilines is 1. The summed E-state index contributed by atoms with van der Waals surface area (Å²) in [6.45, 7) is 5.83. The fraction of sp³-hybridized carbons (Fsp3) is 0.333. The molecule has 1 aromatic carbocycles. The van der Waals surface area contributed by atoms with E-state index in [9.17, 15) is 9.59 Å². The molecule has 0 fully saturated rings. The highest BCUT2D eigenvalue weighted by atomic mass is 16.5. The molecule has 0 aliphatic rings. The average Bonchev–Trinajstić information content (AvgIpc) is 2.98. The monoisotopic (exact) mass is 303 g/mol. The van der Waals surface area contributed by atoms with Gasteiger partial charge in [0.25, 0.3) is 0 Å². The van der Waals surface area contributed by atoms with Crippen molar-refractivity contribution >= 4 is 17.6 Å². The van der Waals surface area contributed by atoms with Gasteiger partial charge >= 0.3 is 17.8 Å². The van der Waals surface area contributed by atoms with E-state index in [0.717, 1.165) is 0 Å². The highest BCUT2D eigenvalue weighted by molar-refractivity contribution is 6.01. The molecule has 0 saturated carbocycles. The van der Waals surface area contributed by atoms with Gasteiger partial charge in [0.1, 0.15) is 0 Å². The van der Waals surface area contributed by atoms with Gasteiger partial charge < -0.3 is 14.5 Å². The summed E-state index contributed by atoms with van der Waals surface area (Å²) in [7, 11) is 0. The van der Waals surface area contributed by atoms with Crippen molar-refractivity contribution in [1.29, 1.82) is 0 Å². The highest BCUT2D eigenvalue weighted by Gasteiger charge is 2.16. The number of esters is 1. The van der Waals surface area contributed by atoms with Crippen LogP contribution in [0.3, 0.4) is 0 Å². The summed E-state index contributed by atoms with van der Waals surface area (Å²) in [4.78, 5) is 23.5. The van der Waals surface area contributed by atoms with Crippen molar-refractivity contribution in [2.75, 3.05) is 11.9 Å². The largest absolute Gasteiger partial charge is 0.462 e. The van der Waals surface area contributed by atoms with E-state index in [1.165, 1.54) is 0 Å². The molecule has 0 bridgehead atoms.